The predicted molar refractivity (Wildman–Crippen MR) is 113 cm³/mol. The number of fused-ring (bicyclic) bond motifs is 1. The van der Waals surface area contributed by atoms with Gasteiger partial charge in [0.1, 0.15) is 13.2 Å². The molecule has 2 N–H and O–H groups in total. The summed E-state index contributed by atoms with van der Waals surface area (Å²) < 4.78 is 11.0. The molecule has 6 heteroatoms. The Bertz CT molecular complexity index is 1050. The molecule has 0 radical (unpaired) electrons. The van der Waals surface area contributed by atoms with Crippen LogP contribution in [-0.2, 0) is 12.8 Å². The number of ether oxygens (including phenoxy) is 2. The van der Waals surface area contributed by atoms with Crippen molar-refractivity contribution in [3.8, 4) is 11.5 Å². The summed E-state index contributed by atoms with van der Waals surface area (Å²) in [6.45, 7) is 0.923. The third-order valence-corrected chi connectivity index (χ3v) is 4.88. The van der Waals surface area contributed by atoms with E-state index >= 15 is 0 Å². The number of carbonyl (C=O) groups excluding carboxylic acids is 2. The van der Waals surface area contributed by atoms with Crippen LogP contribution in [0.2, 0.25) is 0 Å². The molecule has 0 atom stereocenters. The molecule has 1 heterocycles. The SMILES string of the molecule is O=C(NNC(=O)c1ccccc1CCc1ccccc1)c1ccc2c(c1)OCCO2. The van der Waals surface area contributed by atoms with E-state index in [0.29, 0.717) is 35.8 Å². The van der Waals surface area contributed by atoms with Crippen molar-refractivity contribution in [1.82, 2.24) is 10.9 Å². The number of aryl methyl sites for hydroxylation is 2. The maximum atomic E-state index is 12.7. The highest BCUT2D eigenvalue weighted by Crippen LogP contribution is 2.30. The molecule has 0 aliphatic carbocycles. The molecule has 0 bridgehead atoms. The molecule has 1 aliphatic rings. The third kappa shape index (κ3) is 4.60. The Morgan fingerprint density at radius 1 is 0.733 bits per heavy atom. The highest BCUT2D eigenvalue weighted by Gasteiger charge is 2.16. The molecule has 30 heavy (non-hydrogen) atoms. The fourth-order valence-electron chi connectivity index (χ4n) is 3.32. The quantitative estimate of drug-likeness (QED) is 0.642. The average molecular weight is 402 g/mol. The summed E-state index contributed by atoms with van der Waals surface area (Å²) >= 11 is 0. The monoisotopic (exact) mass is 402 g/mol. The number of rotatable bonds is 5. The van der Waals surface area contributed by atoms with Gasteiger partial charge in [0.15, 0.2) is 11.5 Å². The van der Waals surface area contributed by atoms with Gasteiger partial charge in [0, 0.05) is 11.1 Å². The van der Waals surface area contributed by atoms with Crippen molar-refractivity contribution < 1.29 is 19.1 Å². The number of amides is 2. The van der Waals surface area contributed by atoms with Crippen LogP contribution in [0.4, 0.5) is 0 Å². The Morgan fingerprint density at radius 2 is 1.43 bits per heavy atom. The highest BCUT2D eigenvalue weighted by molar-refractivity contribution is 6.00. The Balaban J connectivity index is 1.39. The molecule has 152 valence electrons. The van der Waals surface area contributed by atoms with Crippen LogP contribution in [-0.4, -0.2) is 25.0 Å². The van der Waals surface area contributed by atoms with Crippen LogP contribution in [0.15, 0.2) is 72.8 Å². The van der Waals surface area contributed by atoms with Crippen LogP contribution in [0, 0.1) is 0 Å². The minimum atomic E-state index is -0.429. The van der Waals surface area contributed by atoms with Crippen molar-refractivity contribution in [2.45, 2.75) is 12.8 Å². The van der Waals surface area contributed by atoms with Crippen molar-refractivity contribution in [3.05, 3.63) is 95.1 Å². The average Bonchev–Trinajstić information content (AvgIpc) is 2.81. The topological polar surface area (TPSA) is 76.7 Å². The van der Waals surface area contributed by atoms with Gasteiger partial charge < -0.3 is 9.47 Å². The van der Waals surface area contributed by atoms with Gasteiger partial charge in [-0.25, -0.2) is 0 Å². The van der Waals surface area contributed by atoms with E-state index in [1.54, 1.807) is 24.3 Å². The van der Waals surface area contributed by atoms with Crippen LogP contribution < -0.4 is 20.3 Å². The van der Waals surface area contributed by atoms with E-state index in [4.69, 9.17) is 9.47 Å². The van der Waals surface area contributed by atoms with E-state index in [0.717, 1.165) is 18.4 Å². The lowest BCUT2D eigenvalue weighted by Gasteiger charge is -2.18. The van der Waals surface area contributed by atoms with Gasteiger partial charge in [0.2, 0.25) is 0 Å². The van der Waals surface area contributed by atoms with E-state index in [-0.39, 0.29) is 5.91 Å². The molecule has 1 aliphatic heterocycles. The molecule has 0 saturated heterocycles. The molecule has 0 unspecified atom stereocenters. The summed E-state index contributed by atoms with van der Waals surface area (Å²) in [6.07, 6.45) is 1.55. The molecule has 3 aromatic rings. The molecule has 0 saturated carbocycles. The Kier molecular flexibility index (Phi) is 5.94. The fraction of sp³-hybridized carbons (Fsp3) is 0.167. The van der Waals surface area contributed by atoms with Gasteiger partial charge in [-0.2, -0.15) is 0 Å². The molecule has 0 spiro atoms. The van der Waals surface area contributed by atoms with Crippen LogP contribution >= 0.6 is 0 Å². The van der Waals surface area contributed by atoms with Crippen molar-refractivity contribution in [1.29, 1.82) is 0 Å². The molecule has 0 aromatic heterocycles. The zero-order valence-corrected chi connectivity index (χ0v) is 16.4. The summed E-state index contributed by atoms with van der Waals surface area (Å²) in [5, 5.41) is 0. The van der Waals surface area contributed by atoms with Gasteiger partial charge in [-0.3, -0.25) is 20.4 Å². The molecule has 3 aromatic carbocycles. The first-order chi connectivity index (χ1) is 14.7. The fourth-order valence-corrected chi connectivity index (χ4v) is 3.32. The van der Waals surface area contributed by atoms with Gasteiger partial charge >= 0.3 is 0 Å². The van der Waals surface area contributed by atoms with E-state index in [1.807, 2.05) is 36.4 Å². The van der Waals surface area contributed by atoms with Gasteiger partial charge in [-0.05, 0) is 48.2 Å². The second-order valence-corrected chi connectivity index (χ2v) is 6.91. The molecular weight excluding hydrogens is 380 g/mol. The lowest BCUT2D eigenvalue weighted by Crippen LogP contribution is -2.42. The van der Waals surface area contributed by atoms with Crippen LogP contribution in [0.1, 0.15) is 31.8 Å². The summed E-state index contributed by atoms with van der Waals surface area (Å²) in [5.41, 5.74) is 8.02. The Morgan fingerprint density at radius 3 is 2.27 bits per heavy atom. The van der Waals surface area contributed by atoms with Crippen LogP contribution in [0.3, 0.4) is 0 Å². The predicted octanol–water partition coefficient (Wildman–Crippen LogP) is 3.32. The maximum absolute atomic E-state index is 12.7. The minimum Gasteiger partial charge on any atom is -0.486 e. The molecule has 4 rings (SSSR count). The lowest BCUT2D eigenvalue weighted by atomic mass is 9.99. The largest absolute Gasteiger partial charge is 0.486 e. The van der Waals surface area contributed by atoms with Crippen molar-refractivity contribution in [2.24, 2.45) is 0 Å². The van der Waals surface area contributed by atoms with E-state index < -0.39 is 5.91 Å². The Labute approximate surface area is 174 Å². The van der Waals surface area contributed by atoms with Crippen LogP contribution in [0.5, 0.6) is 11.5 Å². The Hall–Kier alpha value is -3.80. The highest BCUT2D eigenvalue weighted by atomic mass is 16.6. The van der Waals surface area contributed by atoms with Gasteiger partial charge in [-0.1, -0.05) is 48.5 Å². The number of hydrogen-bond acceptors (Lipinski definition) is 4. The number of carbonyl (C=O) groups is 2. The van der Waals surface area contributed by atoms with Crippen LogP contribution in [0.25, 0.3) is 0 Å². The van der Waals surface area contributed by atoms with E-state index in [9.17, 15) is 9.59 Å². The zero-order valence-electron chi connectivity index (χ0n) is 16.4. The zero-order chi connectivity index (χ0) is 20.8. The standard InChI is InChI=1S/C24H22N2O4/c27-23(19-12-13-21-22(16-19)30-15-14-29-21)25-26-24(28)20-9-5-4-8-18(20)11-10-17-6-2-1-3-7-17/h1-9,12-13,16H,10-11,14-15H2,(H,25,27)(H,26,28). The first kappa shape index (κ1) is 19.5. The smallest absolute Gasteiger partial charge is 0.269 e. The molecular formula is C24H22N2O4. The second-order valence-electron chi connectivity index (χ2n) is 6.91. The van der Waals surface area contributed by atoms with E-state index in [2.05, 4.69) is 23.0 Å². The number of benzene rings is 3. The maximum Gasteiger partial charge on any atom is 0.269 e. The summed E-state index contributed by atoms with van der Waals surface area (Å²) in [4.78, 5) is 25.1. The number of hydrazine groups is 1. The molecule has 0 fully saturated rings. The number of hydrogen-bond donors (Lipinski definition) is 2. The minimum absolute atomic E-state index is 0.357. The van der Waals surface area contributed by atoms with Gasteiger partial charge in [0.05, 0.1) is 0 Å². The normalized spacial score (nSPS) is 12.1. The molecule has 2 amide bonds. The second kappa shape index (κ2) is 9.13. The van der Waals surface area contributed by atoms with Crippen molar-refractivity contribution in [2.75, 3.05) is 13.2 Å². The lowest BCUT2D eigenvalue weighted by molar-refractivity contribution is 0.0845. The van der Waals surface area contributed by atoms with Gasteiger partial charge in [0.25, 0.3) is 11.8 Å². The van der Waals surface area contributed by atoms with Crippen molar-refractivity contribution >= 4 is 11.8 Å². The van der Waals surface area contributed by atoms with E-state index in [1.165, 1.54) is 5.56 Å². The summed E-state index contributed by atoms with van der Waals surface area (Å²) in [6, 6.07) is 22.4. The summed E-state index contributed by atoms with van der Waals surface area (Å²) in [7, 11) is 0. The van der Waals surface area contributed by atoms with Gasteiger partial charge in [-0.15, -0.1) is 0 Å². The van der Waals surface area contributed by atoms with Crippen molar-refractivity contribution in [3.63, 3.8) is 0 Å². The first-order valence-electron chi connectivity index (χ1n) is 9.83. The first-order valence-corrected chi connectivity index (χ1v) is 9.83. The summed E-state index contributed by atoms with van der Waals surface area (Å²) in [5.74, 6) is 0.340. The molecule has 6 nitrogen and oxygen atoms in total. The third-order valence-electron chi connectivity index (χ3n) is 4.88. The number of nitrogens with one attached hydrogen (secondary N) is 2.